The van der Waals surface area contributed by atoms with Gasteiger partial charge >= 0.3 is 0 Å². The van der Waals surface area contributed by atoms with Gasteiger partial charge in [-0.25, -0.2) is 14.5 Å². The first-order valence-corrected chi connectivity index (χ1v) is 8.05. The van der Waals surface area contributed by atoms with Crippen LogP contribution in [0.5, 0.6) is 0 Å². The molecule has 1 saturated heterocycles. The maximum Gasteiger partial charge on any atom is 0.218 e. The molecule has 120 valence electrons. The van der Waals surface area contributed by atoms with Crippen molar-refractivity contribution in [3.05, 3.63) is 42.7 Å². The van der Waals surface area contributed by atoms with Gasteiger partial charge in [0.05, 0.1) is 17.3 Å². The average molecular weight is 320 g/mol. The fourth-order valence-corrected chi connectivity index (χ4v) is 3.13. The standard InChI is InChI=1S/C17H16N6O/c1-2-5-13-12(4-1)19-16(22-9-7-18-8-10-22)17-20-15(21-23(13)17)14-6-3-11-24-14/h1-6,11,18H,7-10H2. The van der Waals surface area contributed by atoms with E-state index in [1.807, 2.05) is 40.9 Å². The van der Waals surface area contributed by atoms with E-state index in [1.54, 1.807) is 6.26 Å². The Morgan fingerprint density at radius 3 is 2.71 bits per heavy atom. The number of piperazine rings is 1. The van der Waals surface area contributed by atoms with Crippen molar-refractivity contribution in [2.75, 3.05) is 31.1 Å². The number of aromatic nitrogens is 4. The van der Waals surface area contributed by atoms with Crippen LogP contribution in [-0.4, -0.2) is 45.8 Å². The van der Waals surface area contributed by atoms with Crippen LogP contribution in [-0.2, 0) is 0 Å². The Morgan fingerprint density at radius 2 is 1.88 bits per heavy atom. The van der Waals surface area contributed by atoms with E-state index in [0.717, 1.165) is 48.7 Å². The second kappa shape index (κ2) is 5.31. The molecule has 1 aromatic carbocycles. The minimum absolute atomic E-state index is 0.578. The highest BCUT2D eigenvalue weighted by Gasteiger charge is 2.21. The molecule has 0 amide bonds. The first-order valence-electron chi connectivity index (χ1n) is 8.05. The maximum absolute atomic E-state index is 5.46. The second-order valence-corrected chi connectivity index (χ2v) is 5.81. The fourth-order valence-electron chi connectivity index (χ4n) is 3.13. The topological polar surface area (TPSA) is 71.5 Å². The van der Waals surface area contributed by atoms with Crippen molar-refractivity contribution in [2.45, 2.75) is 0 Å². The van der Waals surface area contributed by atoms with E-state index < -0.39 is 0 Å². The predicted octanol–water partition coefficient (Wildman–Crippen LogP) is 1.95. The van der Waals surface area contributed by atoms with Crippen molar-refractivity contribution in [3.63, 3.8) is 0 Å². The van der Waals surface area contributed by atoms with Gasteiger partial charge in [-0.3, -0.25) is 0 Å². The normalized spacial score (nSPS) is 15.4. The van der Waals surface area contributed by atoms with Crippen molar-refractivity contribution in [2.24, 2.45) is 0 Å². The smallest absolute Gasteiger partial charge is 0.218 e. The molecule has 1 aliphatic rings. The molecule has 7 nitrogen and oxygen atoms in total. The minimum atomic E-state index is 0.578. The lowest BCUT2D eigenvalue weighted by Crippen LogP contribution is -2.44. The highest BCUT2D eigenvalue weighted by atomic mass is 16.3. The Morgan fingerprint density at radius 1 is 1.00 bits per heavy atom. The van der Waals surface area contributed by atoms with Crippen molar-refractivity contribution in [1.82, 2.24) is 24.9 Å². The van der Waals surface area contributed by atoms with Crippen LogP contribution in [0, 0.1) is 0 Å². The lowest BCUT2D eigenvalue weighted by atomic mass is 10.3. The number of furan rings is 1. The van der Waals surface area contributed by atoms with Gasteiger partial charge in [-0.2, -0.15) is 0 Å². The molecule has 0 atom stereocenters. The number of benzene rings is 1. The van der Waals surface area contributed by atoms with E-state index in [1.165, 1.54) is 0 Å². The third-order valence-corrected chi connectivity index (χ3v) is 4.30. The quantitative estimate of drug-likeness (QED) is 0.609. The summed E-state index contributed by atoms with van der Waals surface area (Å²) in [4.78, 5) is 11.8. The Balaban J connectivity index is 1.79. The minimum Gasteiger partial charge on any atom is -0.461 e. The number of anilines is 1. The van der Waals surface area contributed by atoms with Gasteiger partial charge in [-0.1, -0.05) is 12.1 Å². The second-order valence-electron chi connectivity index (χ2n) is 5.81. The molecule has 1 N–H and O–H groups in total. The summed E-state index contributed by atoms with van der Waals surface area (Å²) in [6.45, 7) is 3.70. The zero-order chi connectivity index (χ0) is 15.9. The maximum atomic E-state index is 5.46. The monoisotopic (exact) mass is 320 g/mol. The SMILES string of the molecule is c1coc(-c2nc3c(N4CCNCC4)nc4ccccc4n3n2)c1. The van der Waals surface area contributed by atoms with Crippen molar-refractivity contribution in [3.8, 4) is 11.6 Å². The molecule has 24 heavy (non-hydrogen) atoms. The lowest BCUT2D eigenvalue weighted by Gasteiger charge is -2.28. The molecule has 4 heterocycles. The highest BCUT2D eigenvalue weighted by molar-refractivity contribution is 5.83. The molecule has 0 saturated carbocycles. The summed E-state index contributed by atoms with van der Waals surface area (Å²) < 4.78 is 7.34. The summed E-state index contributed by atoms with van der Waals surface area (Å²) in [5.74, 6) is 2.11. The summed E-state index contributed by atoms with van der Waals surface area (Å²) in [5, 5.41) is 8.04. The van der Waals surface area contributed by atoms with Crippen LogP contribution >= 0.6 is 0 Å². The van der Waals surface area contributed by atoms with E-state index >= 15 is 0 Å². The number of nitrogens with zero attached hydrogens (tertiary/aromatic N) is 5. The first kappa shape index (κ1) is 13.5. The summed E-state index contributed by atoms with van der Waals surface area (Å²) >= 11 is 0. The third kappa shape index (κ3) is 2.05. The molecular formula is C17H16N6O. The molecule has 3 aromatic heterocycles. The Labute approximate surface area is 137 Å². The van der Waals surface area contributed by atoms with E-state index in [0.29, 0.717) is 11.6 Å². The van der Waals surface area contributed by atoms with Crippen molar-refractivity contribution in [1.29, 1.82) is 0 Å². The van der Waals surface area contributed by atoms with Gasteiger partial charge in [0.2, 0.25) is 5.82 Å². The number of nitrogens with one attached hydrogen (secondary N) is 1. The molecule has 1 aliphatic heterocycles. The molecule has 0 radical (unpaired) electrons. The molecule has 0 unspecified atom stereocenters. The number of hydrogen-bond donors (Lipinski definition) is 1. The van der Waals surface area contributed by atoms with Crippen LogP contribution in [0.15, 0.2) is 47.1 Å². The Hall–Kier alpha value is -2.93. The number of hydrogen-bond acceptors (Lipinski definition) is 6. The van der Waals surface area contributed by atoms with Crippen LogP contribution in [0.1, 0.15) is 0 Å². The summed E-state index contributed by atoms with van der Waals surface area (Å²) in [5.41, 5.74) is 2.62. The third-order valence-electron chi connectivity index (χ3n) is 4.30. The van der Waals surface area contributed by atoms with E-state index in [4.69, 9.17) is 14.4 Å². The van der Waals surface area contributed by atoms with E-state index in [2.05, 4.69) is 15.3 Å². The summed E-state index contributed by atoms with van der Waals surface area (Å²) in [7, 11) is 0. The molecular weight excluding hydrogens is 304 g/mol. The van der Waals surface area contributed by atoms with Gasteiger partial charge in [0.1, 0.15) is 0 Å². The van der Waals surface area contributed by atoms with Crippen LogP contribution in [0.2, 0.25) is 0 Å². The summed E-state index contributed by atoms with van der Waals surface area (Å²) in [6.07, 6.45) is 1.63. The molecule has 1 fully saturated rings. The van der Waals surface area contributed by atoms with Crippen LogP contribution < -0.4 is 10.2 Å². The highest BCUT2D eigenvalue weighted by Crippen LogP contribution is 2.26. The fraction of sp³-hybridized carbons (Fsp3) is 0.235. The van der Waals surface area contributed by atoms with Crippen LogP contribution in [0.3, 0.4) is 0 Å². The van der Waals surface area contributed by atoms with Gasteiger partial charge < -0.3 is 14.6 Å². The molecule has 0 bridgehead atoms. The number of fused-ring (bicyclic) bond motifs is 3. The van der Waals surface area contributed by atoms with Gasteiger partial charge in [0.15, 0.2) is 17.2 Å². The first-order chi connectivity index (χ1) is 11.9. The lowest BCUT2D eigenvalue weighted by molar-refractivity contribution is 0.577. The van der Waals surface area contributed by atoms with Gasteiger partial charge in [0.25, 0.3) is 0 Å². The van der Waals surface area contributed by atoms with Gasteiger partial charge in [-0.05, 0) is 24.3 Å². The van der Waals surface area contributed by atoms with E-state index in [9.17, 15) is 0 Å². The van der Waals surface area contributed by atoms with Crippen LogP contribution in [0.25, 0.3) is 28.3 Å². The largest absolute Gasteiger partial charge is 0.461 e. The molecule has 0 aliphatic carbocycles. The molecule has 4 aromatic rings. The Bertz CT molecular complexity index is 1000. The molecule has 5 rings (SSSR count). The zero-order valence-corrected chi connectivity index (χ0v) is 13.0. The van der Waals surface area contributed by atoms with Crippen molar-refractivity contribution < 1.29 is 4.42 Å². The van der Waals surface area contributed by atoms with Gasteiger partial charge in [0, 0.05) is 26.2 Å². The summed E-state index contributed by atoms with van der Waals surface area (Å²) in [6, 6.07) is 11.7. The average Bonchev–Trinajstić information content (AvgIpc) is 3.31. The molecule has 0 spiro atoms. The van der Waals surface area contributed by atoms with Gasteiger partial charge in [-0.15, -0.1) is 5.10 Å². The number of rotatable bonds is 2. The molecule has 7 heteroatoms. The van der Waals surface area contributed by atoms with Crippen molar-refractivity contribution >= 4 is 22.5 Å². The van der Waals surface area contributed by atoms with E-state index in [-0.39, 0.29) is 0 Å². The Kier molecular flexibility index (Phi) is 2.99. The van der Waals surface area contributed by atoms with Crippen LogP contribution in [0.4, 0.5) is 5.82 Å². The predicted molar refractivity (Wildman–Crippen MR) is 91.1 cm³/mol. The zero-order valence-electron chi connectivity index (χ0n) is 13.0. The number of para-hydroxylation sites is 2.